The van der Waals surface area contributed by atoms with Crippen LogP contribution in [0.1, 0.15) is 18.4 Å². The fourth-order valence-corrected chi connectivity index (χ4v) is 3.51. The largest absolute Gasteiger partial charge is 0.573 e. The van der Waals surface area contributed by atoms with E-state index in [0.717, 1.165) is 0 Å². The first kappa shape index (κ1) is 20.2. The summed E-state index contributed by atoms with van der Waals surface area (Å²) < 4.78 is 51.1. The van der Waals surface area contributed by atoms with Gasteiger partial charge in [0.2, 0.25) is 0 Å². The van der Waals surface area contributed by atoms with Gasteiger partial charge in [0.1, 0.15) is 17.9 Å². The average Bonchev–Trinajstić information content (AvgIpc) is 2.91. The van der Waals surface area contributed by atoms with Crippen LogP contribution in [0.2, 0.25) is 0 Å². The Morgan fingerprint density at radius 2 is 2.00 bits per heavy atom. The molecular weight excluding hydrogens is 381 g/mol. The highest BCUT2D eigenvalue weighted by molar-refractivity contribution is 5.79. The van der Waals surface area contributed by atoms with Gasteiger partial charge in [0.15, 0.2) is 0 Å². The van der Waals surface area contributed by atoms with Gasteiger partial charge in [0, 0.05) is 32.5 Å². The number of nitrogens with zero attached hydrogens (tertiary/aromatic N) is 2. The number of esters is 1. The maximum atomic E-state index is 12.4. The molecule has 0 atom stereocenters. The van der Waals surface area contributed by atoms with Crippen molar-refractivity contribution in [2.45, 2.75) is 31.3 Å². The smallest absolute Gasteiger partial charge is 0.468 e. The number of methoxy groups -OCH3 is 1. The molecule has 10 heteroatoms. The molecule has 154 valence electrons. The zero-order valence-electron chi connectivity index (χ0n) is 15.3. The molecule has 0 saturated carbocycles. The maximum absolute atomic E-state index is 12.4. The molecule has 3 rings (SSSR count). The van der Waals surface area contributed by atoms with Crippen molar-refractivity contribution >= 4 is 12.1 Å². The molecule has 2 aliphatic heterocycles. The van der Waals surface area contributed by atoms with Crippen LogP contribution in [0, 0.1) is 0 Å². The van der Waals surface area contributed by atoms with Crippen molar-refractivity contribution in [2.24, 2.45) is 0 Å². The lowest BCUT2D eigenvalue weighted by Crippen LogP contribution is -2.46. The minimum atomic E-state index is -4.72. The van der Waals surface area contributed by atoms with E-state index in [9.17, 15) is 22.8 Å². The molecule has 1 spiro atoms. The van der Waals surface area contributed by atoms with Crippen molar-refractivity contribution in [3.63, 3.8) is 0 Å². The Labute approximate surface area is 159 Å². The molecule has 7 nitrogen and oxygen atoms in total. The van der Waals surface area contributed by atoms with Crippen LogP contribution >= 0.6 is 0 Å². The molecule has 0 radical (unpaired) electrons. The molecule has 0 aromatic heterocycles. The Hall–Kier alpha value is -2.49. The normalized spacial score (nSPS) is 19.6. The lowest BCUT2D eigenvalue weighted by atomic mass is 9.91. The van der Waals surface area contributed by atoms with Crippen molar-refractivity contribution in [2.75, 3.05) is 33.3 Å². The molecule has 0 unspecified atom stereocenters. The Morgan fingerprint density at radius 3 is 2.64 bits per heavy atom. The van der Waals surface area contributed by atoms with Crippen LogP contribution in [0.15, 0.2) is 24.3 Å². The third-order valence-corrected chi connectivity index (χ3v) is 4.89. The first-order valence-electron chi connectivity index (χ1n) is 8.80. The molecule has 2 saturated heterocycles. The van der Waals surface area contributed by atoms with Crippen molar-refractivity contribution in [3.05, 3.63) is 29.8 Å². The van der Waals surface area contributed by atoms with Crippen LogP contribution in [0.3, 0.4) is 0 Å². The minimum absolute atomic E-state index is 0.146. The van der Waals surface area contributed by atoms with E-state index in [-0.39, 0.29) is 12.3 Å². The second-order valence-electron chi connectivity index (χ2n) is 6.95. The lowest BCUT2D eigenvalue weighted by Gasteiger charge is -2.37. The summed E-state index contributed by atoms with van der Waals surface area (Å²) >= 11 is 0. The molecule has 2 aliphatic rings. The highest BCUT2D eigenvalue weighted by atomic mass is 19.4. The second kappa shape index (κ2) is 7.86. The van der Waals surface area contributed by atoms with E-state index in [2.05, 4.69) is 14.4 Å². The fraction of sp³-hybridized carbons (Fsp3) is 0.556. The highest BCUT2D eigenvalue weighted by Gasteiger charge is 2.47. The monoisotopic (exact) mass is 402 g/mol. The molecule has 0 N–H and O–H groups in total. The van der Waals surface area contributed by atoms with Gasteiger partial charge < -0.3 is 14.2 Å². The molecule has 28 heavy (non-hydrogen) atoms. The average molecular weight is 402 g/mol. The van der Waals surface area contributed by atoms with Gasteiger partial charge >= 0.3 is 18.4 Å². The third kappa shape index (κ3) is 5.06. The first-order chi connectivity index (χ1) is 13.2. The van der Waals surface area contributed by atoms with Gasteiger partial charge in [-0.25, -0.2) is 4.79 Å². The summed E-state index contributed by atoms with van der Waals surface area (Å²) in [4.78, 5) is 26.8. The number of carbonyl (C=O) groups is 2. The summed E-state index contributed by atoms with van der Waals surface area (Å²) in [5, 5.41) is 0. The van der Waals surface area contributed by atoms with Crippen molar-refractivity contribution < 1.29 is 37.0 Å². The maximum Gasteiger partial charge on any atom is 0.573 e. The second-order valence-corrected chi connectivity index (χ2v) is 6.95. The van der Waals surface area contributed by atoms with Crippen LogP contribution in [0.5, 0.6) is 5.75 Å². The van der Waals surface area contributed by atoms with Gasteiger partial charge in [-0.1, -0.05) is 12.1 Å². The number of halogens is 3. The zero-order chi connectivity index (χ0) is 20.4. The van der Waals surface area contributed by atoms with E-state index in [1.807, 2.05) is 0 Å². The van der Waals surface area contributed by atoms with Crippen LogP contribution in [0.4, 0.5) is 18.0 Å². The van der Waals surface area contributed by atoms with Gasteiger partial charge in [0.05, 0.1) is 13.7 Å². The van der Waals surface area contributed by atoms with Gasteiger partial charge in [-0.15, -0.1) is 13.2 Å². The zero-order valence-corrected chi connectivity index (χ0v) is 15.3. The molecule has 1 aromatic carbocycles. The number of benzene rings is 1. The van der Waals surface area contributed by atoms with E-state index < -0.39 is 24.0 Å². The number of hydrogen-bond donors (Lipinski definition) is 0. The number of alkyl halides is 3. The summed E-state index contributed by atoms with van der Waals surface area (Å²) in [7, 11) is 1.26. The van der Waals surface area contributed by atoms with Crippen LogP contribution in [0.25, 0.3) is 0 Å². The predicted molar refractivity (Wildman–Crippen MR) is 90.4 cm³/mol. The molecule has 0 aliphatic carbocycles. The van der Waals surface area contributed by atoms with Gasteiger partial charge in [-0.05, 0) is 17.7 Å². The number of hydrogen-bond acceptors (Lipinski definition) is 6. The lowest BCUT2D eigenvalue weighted by molar-refractivity contribution is -0.274. The summed E-state index contributed by atoms with van der Waals surface area (Å²) in [6.45, 7) is 1.87. The Balaban J connectivity index is 1.54. The Morgan fingerprint density at radius 1 is 1.29 bits per heavy atom. The van der Waals surface area contributed by atoms with Crippen molar-refractivity contribution in [1.29, 1.82) is 0 Å². The summed E-state index contributed by atoms with van der Waals surface area (Å²) in [6, 6.07) is 5.88. The molecule has 2 heterocycles. The van der Waals surface area contributed by atoms with Crippen LogP contribution in [-0.2, 0) is 20.8 Å². The van der Waals surface area contributed by atoms with Gasteiger partial charge in [-0.3, -0.25) is 14.6 Å². The van der Waals surface area contributed by atoms with E-state index in [0.29, 0.717) is 44.6 Å². The van der Waals surface area contributed by atoms with Gasteiger partial charge in [-0.2, -0.15) is 0 Å². The highest BCUT2D eigenvalue weighted by Crippen LogP contribution is 2.34. The third-order valence-electron chi connectivity index (χ3n) is 4.89. The number of carbonyl (C=O) groups excluding carboxylic acids is 2. The van der Waals surface area contributed by atoms with E-state index in [4.69, 9.17) is 4.74 Å². The summed E-state index contributed by atoms with van der Waals surface area (Å²) in [6.07, 6.45) is -4.10. The molecule has 0 bridgehead atoms. The van der Waals surface area contributed by atoms with E-state index in [1.165, 1.54) is 30.2 Å². The van der Waals surface area contributed by atoms with Gasteiger partial charge in [0.25, 0.3) is 0 Å². The quantitative estimate of drug-likeness (QED) is 0.706. The first-order valence-corrected chi connectivity index (χ1v) is 8.80. The van der Waals surface area contributed by atoms with E-state index in [1.54, 1.807) is 6.07 Å². The summed E-state index contributed by atoms with van der Waals surface area (Å²) in [5.41, 5.74) is 0.0662. The Kier molecular flexibility index (Phi) is 5.69. The Bertz CT molecular complexity index is 732. The van der Waals surface area contributed by atoms with Crippen LogP contribution < -0.4 is 4.74 Å². The minimum Gasteiger partial charge on any atom is -0.468 e. The van der Waals surface area contributed by atoms with Crippen molar-refractivity contribution in [3.8, 4) is 5.75 Å². The predicted octanol–water partition coefficient (Wildman–Crippen LogP) is 2.54. The molecule has 2 fully saturated rings. The SMILES string of the molecule is COC(=O)CN1CC2(CCN(Cc3cccc(OC(F)(F)F)c3)CC2)OC1=O. The standard InChI is InChI=1S/C18H21F3N2O5/c1-26-15(24)11-23-12-17(28-16(23)25)5-7-22(8-6-17)10-13-3-2-4-14(9-13)27-18(19,20)21/h2-4,9H,5-8,10-12H2,1H3. The number of rotatable bonds is 5. The summed E-state index contributed by atoms with van der Waals surface area (Å²) in [5.74, 6) is -0.756. The number of ether oxygens (including phenoxy) is 3. The number of piperidine rings is 1. The van der Waals surface area contributed by atoms with Crippen molar-refractivity contribution in [1.82, 2.24) is 9.80 Å². The number of likely N-dealkylation sites (tertiary alicyclic amines) is 1. The molecule has 1 amide bonds. The van der Waals surface area contributed by atoms with E-state index >= 15 is 0 Å². The molecular formula is C18H21F3N2O5. The number of amides is 1. The topological polar surface area (TPSA) is 68.3 Å². The molecule has 1 aromatic rings. The fourth-order valence-electron chi connectivity index (χ4n) is 3.51. The van der Waals surface area contributed by atoms with Crippen LogP contribution in [-0.4, -0.2) is 67.1 Å².